The fourth-order valence-corrected chi connectivity index (χ4v) is 4.03. The molecule has 3 rings (SSSR count). The number of hydrogen-bond acceptors (Lipinski definition) is 7. The summed E-state index contributed by atoms with van der Waals surface area (Å²) in [6.07, 6.45) is 0.681. The summed E-state index contributed by atoms with van der Waals surface area (Å²) in [6, 6.07) is 7.97. The Labute approximate surface area is 167 Å². The van der Waals surface area contributed by atoms with E-state index < -0.39 is 11.2 Å². The van der Waals surface area contributed by atoms with Gasteiger partial charge in [-0.05, 0) is 31.4 Å². The van der Waals surface area contributed by atoms with Gasteiger partial charge in [0.15, 0.2) is 5.82 Å². The molecule has 2 aromatic heterocycles. The number of nitrogens with zero attached hydrogens (tertiary/aromatic N) is 4. The molecule has 9 heteroatoms. The van der Waals surface area contributed by atoms with Gasteiger partial charge in [-0.1, -0.05) is 31.2 Å². The molecule has 4 N–H and O–H groups in total. The van der Waals surface area contributed by atoms with Crippen LogP contribution in [0, 0.1) is 0 Å². The molecule has 0 spiro atoms. The van der Waals surface area contributed by atoms with Crippen LogP contribution in [0.5, 0.6) is 5.88 Å². The van der Waals surface area contributed by atoms with Crippen molar-refractivity contribution >= 4 is 28.0 Å². The summed E-state index contributed by atoms with van der Waals surface area (Å²) < 4.78 is 20.6. The minimum absolute atomic E-state index is 0.0992. The van der Waals surface area contributed by atoms with Crippen molar-refractivity contribution in [2.24, 2.45) is 5.73 Å². The van der Waals surface area contributed by atoms with Gasteiger partial charge < -0.3 is 20.8 Å². The molecular weight excluding hydrogens is 376 g/mol. The second-order valence-electron chi connectivity index (χ2n) is 6.81. The van der Waals surface area contributed by atoms with Gasteiger partial charge in [0, 0.05) is 17.7 Å². The number of aromatic nitrogens is 4. The highest BCUT2D eigenvalue weighted by atomic mass is 32.2. The maximum atomic E-state index is 12.9. The van der Waals surface area contributed by atoms with Gasteiger partial charge in [-0.15, -0.1) is 10.2 Å². The van der Waals surface area contributed by atoms with E-state index in [1.165, 1.54) is 0 Å². The van der Waals surface area contributed by atoms with Gasteiger partial charge in [0.1, 0.15) is 16.8 Å². The maximum absolute atomic E-state index is 12.9. The summed E-state index contributed by atoms with van der Waals surface area (Å²) in [5, 5.41) is 8.54. The van der Waals surface area contributed by atoms with Crippen LogP contribution in [-0.2, 0) is 24.3 Å². The fraction of sp³-hybridized carbons (Fsp3) is 0.421. The van der Waals surface area contributed by atoms with Crippen LogP contribution in [0.25, 0.3) is 11.0 Å². The SMILES string of the molecule is CCC[S+]([O-])c1nc2c(N)nnc(OC(C)C)c2n1Cc1ccc(CN)cc1. The zero-order chi connectivity index (χ0) is 20.3. The van der Waals surface area contributed by atoms with Crippen molar-refractivity contribution in [1.29, 1.82) is 0 Å². The van der Waals surface area contributed by atoms with E-state index in [0.29, 0.717) is 40.9 Å². The lowest BCUT2D eigenvalue weighted by atomic mass is 10.1. The van der Waals surface area contributed by atoms with Crippen LogP contribution in [0.3, 0.4) is 0 Å². The molecule has 28 heavy (non-hydrogen) atoms. The molecule has 0 fully saturated rings. The lowest BCUT2D eigenvalue weighted by molar-refractivity contribution is 0.232. The number of nitrogens with two attached hydrogens (primary N) is 2. The monoisotopic (exact) mass is 402 g/mol. The first-order chi connectivity index (χ1) is 13.4. The van der Waals surface area contributed by atoms with Gasteiger partial charge in [0.2, 0.25) is 0 Å². The molecule has 0 amide bonds. The number of rotatable bonds is 8. The van der Waals surface area contributed by atoms with Crippen LogP contribution in [-0.4, -0.2) is 36.2 Å². The van der Waals surface area contributed by atoms with E-state index in [1.54, 1.807) is 0 Å². The third-order valence-electron chi connectivity index (χ3n) is 4.17. The van der Waals surface area contributed by atoms with Crippen molar-refractivity contribution < 1.29 is 9.29 Å². The van der Waals surface area contributed by atoms with Crippen molar-refractivity contribution in [3.63, 3.8) is 0 Å². The molecule has 0 saturated carbocycles. The molecule has 0 saturated heterocycles. The Morgan fingerprint density at radius 3 is 2.46 bits per heavy atom. The van der Waals surface area contributed by atoms with Gasteiger partial charge in [0.05, 0.1) is 12.6 Å². The lowest BCUT2D eigenvalue weighted by Crippen LogP contribution is -2.15. The average molecular weight is 403 g/mol. The van der Waals surface area contributed by atoms with Gasteiger partial charge in [-0.3, -0.25) is 4.57 Å². The number of imidazole rings is 1. The molecule has 0 bridgehead atoms. The largest absolute Gasteiger partial charge is 0.609 e. The van der Waals surface area contributed by atoms with Gasteiger partial charge >= 0.3 is 5.16 Å². The van der Waals surface area contributed by atoms with E-state index in [2.05, 4.69) is 15.2 Å². The summed E-state index contributed by atoms with van der Waals surface area (Å²) in [4.78, 5) is 4.56. The number of nitrogen functional groups attached to an aromatic ring is 1. The standard InChI is InChI=1S/C19H26N6O2S/c1-4-9-28(26)19-22-15-16(18(27-12(2)3)24-23-17(15)21)25(19)11-14-7-5-13(10-20)6-8-14/h5-8,12H,4,9-11,20H2,1-3H3,(H2,21,23). The van der Waals surface area contributed by atoms with Crippen molar-refractivity contribution in [3.05, 3.63) is 35.4 Å². The van der Waals surface area contributed by atoms with E-state index in [-0.39, 0.29) is 11.9 Å². The van der Waals surface area contributed by atoms with E-state index in [1.807, 2.05) is 49.6 Å². The minimum Gasteiger partial charge on any atom is -0.609 e. The molecule has 1 aromatic carbocycles. The Morgan fingerprint density at radius 1 is 1.18 bits per heavy atom. The highest BCUT2D eigenvalue weighted by molar-refractivity contribution is 7.91. The van der Waals surface area contributed by atoms with Crippen LogP contribution in [0.4, 0.5) is 5.82 Å². The molecule has 1 atom stereocenters. The Balaban J connectivity index is 2.16. The number of anilines is 1. The first-order valence-electron chi connectivity index (χ1n) is 9.29. The molecule has 1 unspecified atom stereocenters. The Kier molecular flexibility index (Phi) is 6.38. The summed E-state index contributed by atoms with van der Waals surface area (Å²) in [6.45, 7) is 6.75. The van der Waals surface area contributed by atoms with E-state index in [0.717, 1.165) is 17.5 Å². The van der Waals surface area contributed by atoms with Crippen LogP contribution in [0.2, 0.25) is 0 Å². The third kappa shape index (κ3) is 4.21. The molecule has 0 aliphatic heterocycles. The molecule has 0 radical (unpaired) electrons. The van der Waals surface area contributed by atoms with Crippen molar-refractivity contribution in [1.82, 2.24) is 19.7 Å². The molecule has 8 nitrogen and oxygen atoms in total. The van der Waals surface area contributed by atoms with E-state index in [9.17, 15) is 4.55 Å². The summed E-state index contributed by atoms with van der Waals surface area (Å²) in [7, 11) is 0. The fourth-order valence-electron chi connectivity index (χ4n) is 2.88. The third-order valence-corrected chi connectivity index (χ3v) is 5.66. The van der Waals surface area contributed by atoms with Gasteiger partial charge in [-0.25, -0.2) is 0 Å². The quantitative estimate of drug-likeness (QED) is 0.553. The summed E-state index contributed by atoms with van der Waals surface area (Å²) >= 11 is -1.27. The predicted octanol–water partition coefficient (Wildman–Crippen LogP) is 2.22. The number of benzene rings is 1. The summed E-state index contributed by atoms with van der Waals surface area (Å²) in [5.41, 5.74) is 14.9. The Bertz CT molecular complexity index is 942. The van der Waals surface area contributed by atoms with Gasteiger partial charge in [0.25, 0.3) is 5.88 Å². The molecule has 0 aliphatic carbocycles. The lowest BCUT2D eigenvalue weighted by Gasteiger charge is -2.14. The molecule has 2 heterocycles. The second kappa shape index (κ2) is 8.76. The molecule has 3 aromatic rings. The highest BCUT2D eigenvalue weighted by Crippen LogP contribution is 2.31. The van der Waals surface area contributed by atoms with E-state index >= 15 is 0 Å². The number of ether oxygens (including phenoxy) is 1. The zero-order valence-electron chi connectivity index (χ0n) is 16.4. The first-order valence-corrected chi connectivity index (χ1v) is 10.6. The normalized spacial score (nSPS) is 12.6. The second-order valence-corrected chi connectivity index (χ2v) is 8.27. The van der Waals surface area contributed by atoms with Crippen molar-refractivity contribution in [2.45, 2.75) is 51.5 Å². The maximum Gasteiger partial charge on any atom is 0.324 e. The first kappa shape index (κ1) is 20.4. The van der Waals surface area contributed by atoms with Crippen molar-refractivity contribution in [3.8, 4) is 5.88 Å². The van der Waals surface area contributed by atoms with Crippen LogP contribution in [0.15, 0.2) is 29.4 Å². The van der Waals surface area contributed by atoms with Crippen molar-refractivity contribution in [2.75, 3.05) is 11.5 Å². The number of fused-ring (bicyclic) bond motifs is 1. The highest BCUT2D eigenvalue weighted by Gasteiger charge is 2.27. The predicted molar refractivity (Wildman–Crippen MR) is 111 cm³/mol. The van der Waals surface area contributed by atoms with E-state index in [4.69, 9.17) is 16.2 Å². The topological polar surface area (TPSA) is 128 Å². The Morgan fingerprint density at radius 2 is 1.86 bits per heavy atom. The summed E-state index contributed by atoms with van der Waals surface area (Å²) in [5.74, 6) is 1.04. The average Bonchev–Trinajstić information content (AvgIpc) is 3.05. The van der Waals surface area contributed by atoms with Crippen LogP contribution in [0.1, 0.15) is 38.3 Å². The van der Waals surface area contributed by atoms with Crippen LogP contribution >= 0.6 is 0 Å². The Hall–Kier alpha value is -2.36. The molecular formula is C19H26N6O2S. The zero-order valence-corrected chi connectivity index (χ0v) is 17.2. The van der Waals surface area contributed by atoms with Gasteiger partial charge in [-0.2, -0.15) is 4.98 Å². The molecule has 150 valence electrons. The molecule has 0 aliphatic rings. The number of hydrogen-bond donors (Lipinski definition) is 2. The smallest absolute Gasteiger partial charge is 0.324 e. The minimum atomic E-state index is -1.27. The van der Waals surface area contributed by atoms with Crippen LogP contribution < -0.4 is 16.2 Å².